The number of hydrogen-bond donors (Lipinski definition) is 1. The van der Waals surface area contributed by atoms with Gasteiger partial charge in [0.1, 0.15) is 0 Å². The molecular formula is C13H17ClIN. The van der Waals surface area contributed by atoms with E-state index in [1.165, 1.54) is 14.7 Å². The Kier molecular flexibility index (Phi) is 5.79. The van der Waals surface area contributed by atoms with E-state index in [0.29, 0.717) is 0 Å². The van der Waals surface area contributed by atoms with E-state index in [4.69, 9.17) is 11.6 Å². The van der Waals surface area contributed by atoms with Gasteiger partial charge in [0.25, 0.3) is 0 Å². The van der Waals surface area contributed by atoms with Gasteiger partial charge < -0.3 is 5.32 Å². The number of rotatable bonds is 4. The van der Waals surface area contributed by atoms with Gasteiger partial charge in [-0.3, -0.25) is 0 Å². The van der Waals surface area contributed by atoms with Gasteiger partial charge in [-0.25, -0.2) is 0 Å². The molecule has 16 heavy (non-hydrogen) atoms. The number of allylic oxidation sites excluding steroid dienone is 1. The van der Waals surface area contributed by atoms with Crippen LogP contribution in [0.1, 0.15) is 32.4 Å². The first-order chi connectivity index (χ1) is 7.54. The Bertz CT molecular complexity index is 384. The lowest BCUT2D eigenvalue weighted by Crippen LogP contribution is -2.20. The Labute approximate surface area is 116 Å². The number of benzene rings is 1. The molecule has 1 unspecified atom stereocenters. The maximum atomic E-state index is 6.05. The van der Waals surface area contributed by atoms with E-state index >= 15 is 0 Å². The molecular weight excluding hydrogens is 333 g/mol. The predicted molar refractivity (Wildman–Crippen MR) is 80.0 cm³/mol. The third kappa shape index (κ3) is 4.07. The van der Waals surface area contributed by atoms with Gasteiger partial charge in [-0.1, -0.05) is 30.2 Å². The van der Waals surface area contributed by atoms with E-state index in [9.17, 15) is 0 Å². The normalized spacial score (nSPS) is 12.3. The third-order valence-electron chi connectivity index (χ3n) is 2.22. The lowest BCUT2D eigenvalue weighted by molar-refractivity contribution is 0.642. The lowest BCUT2D eigenvalue weighted by atomic mass is 10.0. The van der Waals surface area contributed by atoms with Crippen LogP contribution in [0.4, 0.5) is 0 Å². The Morgan fingerprint density at radius 3 is 2.75 bits per heavy atom. The second-order valence-corrected chi connectivity index (χ2v) is 5.54. The molecule has 0 saturated heterocycles. The number of nitrogens with one attached hydrogen (secondary N) is 1. The van der Waals surface area contributed by atoms with Gasteiger partial charge in [0.05, 0.1) is 6.04 Å². The monoisotopic (exact) mass is 349 g/mol. The molecule has 1 N–H and O–H groups in total. The third-order valence-corrected chi connectivity index (χ3v) is 3.43. The summed E-state index contributed by atoms with van der Waals surface area (Å²) >= 11 is 8.40. The molecule has 0 aliphatic rings. The van der Waals surface area contributed by atoms with E-state index < -0.39 is 0 Å². The fourth-order valence-electron chi connectivity index (χ4n) is 1.56. The van der Waals surface area contributed by atoms with Crippen LogP contribution in [0, 0.1) is 3.57 Å². The highest BCUT2D eigenvalue weighted by atomic mass is 127. The van der Waals surface area contributed by atoms with Gasteiger partial charge in [-0.05, 0) is 66.7 Å². The molecule has 0 saturated carbocycles. The summed E-state index contributed by atoms with van der Waals surface area (Å²) in [6.45, 7) is 7.28. The van der Waals surface area contributed by atoms with Crippen molar-refractivity contribution in [2.75, 3.05) is 6.54 Å². The Balaban J connectivity index is 3.09. The second-order valence-electron chi connectivity index (χ2n) is 3.95. The molecule has 1 aromatic rings. The molecule has 1 atom stereocenters. The lowest BCUT2D eigenvalue weighted by Gasteiger charge is -2.17. The van der Waals surface area contributed by atoms with Crippen molar-refractivity contribution in [1.29, 1.82) is 0 Å². The molecule has 88 valence electrons. The standard InChI is InChI=1S/C13H17ClIN/c1-4-16-13(7-9(2)3)11-8-10(14)5-6-12(11)15/h5-8,13,16H,4H2,1-3H3. The largest absolute Gasteiger partial charge is 0.307 e. The van der Waals surface area contributed by atoms with Crippen molar-refractivity contribution >= 4 is 34.2 Å². The van der Waals surface area contributed by atoms with Gasteiger partial charge in [0.15, 0.2) is 0 Å². The van der Waals surface area contributed by atoms with E-state index in [-0.39, 0.29) is 6.04 Å². The molecule has 0 bridgehead atoms. The molecule has 1 nitrogen and oxygen atoms in total. The van der Waals surface area contributed by atoms with Crippen molar-refractivity contribution in [3.63, 3.8) is 0 Å². The number of halogens is 2. The molecule has 0 aliphatic carbocycles. The topological polar surface area (TPSA) is 12.0 Å². The van der Waals surface area contributed by atoms with Gasteiger partial charge in [0, 0.05) is 8.59 Å². The molecule has 1 aromatic carbocycles. The molecule has 0 fully saturated rings. The fraction of sp³-hybridized carbons (Fsp3) is 0.385. The number of likely N-dealkylation sites (N-methyl/N-ethyl adjacent to an activating group) is 1. The van der Waals surface area contributed by atoms with Gasteiger partial charge >= 0.3 is 0 Å². The zero-order valence-electron chi connectivity index (χ0n) is 9.85. The predicted octanol–water partition coefficient (Wildman–Crippen LogP) is 4.56. The molecule has 1 rings (SSSR count). The van der Waals surface area contributed by atoms with Gasteiger partial charge in [0.2, 0.25) is 0 Å². The van der Waals surface area contributed by atoms with E-state index in [0.717, 1.165) is 11.6 Å². The molecule has 0 heterocycles. The molecule has 0 aromatic heterocycles. The van der Waals surface area contributed by atoms with Crippen molar-refractivity contribution < 1.29 is 0 Å². The van der Waals surface area contributed by atoms with Crippen LogP contribution in [0.25, 0.3) is 0 Å². The fourth-order valence-corrected chi connectivity index (χ4v) is 2.42. The summed E-state index contributed by atoms with van der Waals surface area (Å²) in [6, 6.07) is 6.27. The summed E-state index contributed by atoms with van der Waals surface area (Å²) < 4.78 is 1.24. The molecule has 0 aliphatic heterocycles. The van der Waals surface area contributed by atoms with Crippen molar-refractivity contribution in [3.8, 4) is 0 Å². The minimum absolute atomic E-state index is 0.251. The Morgan fingerprint density at radius 2 is 2.19 bits per heavy atom. The zero-order chi connectivity index (χ0) is 12.1. The van der Waals surface area contributed by atoms with Gasteiger partial charge in [-0.2, -0.15) is 0 Å². The van der Waals surface area contributed by atoms with Crippen LogP contribution in [0.15, 0.2) is 29.8 Å². The van der Waals surface area contributed by atoms with Crippen molar-refractivity contribution in [3.05, 3.63) is 44.0 Å². The van der Waals surface area contributed by atoms with Crippen LogP contribution >= 0.6 is 34.2 Å². The first kappa shape index (κ1) is 14.0. The van der Waals surface area contributed by atoms with Crippen molar-refractivity contribution in [1.82, 2.24) is 5.32 Å². The summed E-state index contributed by atoms with van der Waals surface area (Å²) in [6.07, 6.45) is 2.23. The second kappa shape index (κ2) is 6.62. The molecule has 0 spiro atoms. The van der Waals surface area contributed by atoms with Crippen LogP contribution in [0.5, 0.6) is 0 Å². The number of hydrogen-bond acceptors (Lipinski definition) is 1. The van der Waals surface area contributed by atoms with E-state index in [1.807, 2.05) is 12.1 Å². The summed E-state index contributed by atoms with van der Waals surface area (Å²) in [5.74, 6) is 0. The summed E-state index contributed by atoms with van der Waals surface area (Å²) in [4.78, 5) is 0. The zero-order valence-corrected chi connectivity index (χ0v) is 12.8. The summed E-state index contributed by atoms with van der Waals surface area (Å²) in [5.41, 5.74) is 2.55. The summed E-state index contributed by atoms with van der Waals surface area (Å²) in [5, 5.41) is 4.25. The average molecular weight is 350 g/mol. The van der Waals surface area contributed by atoms with E-state index in [2.05, 4.69) is 60.8 Å². The molecule has 0 radical (unpaired) electrons. The highest BCUT2D eigenvalue weighted by Crippen LogP contribution is 2.25. The highest BCUT2D eigenvalue weighted by molar-refractivity contribution is 14.1. The maximum absolute atomic E-state index is 6.05. The smallest absolute Gasteiger partial charge is 0.0519 e. The van der Waals surface area contributed by atoms with Crippen LogP contribution in [-0.2, 0) is 0 Å². The van der Waals surface area contributed by atoms with Crippen molar-refractivity contribution in [2.24, 2.45) is 0 Å². The quantitative estimate of drug-likeness (QED) is 0.620. The van der Waals surface area contributed by atoms with Crippen molar-refractivity contribution in [2.45, 2.75) is 26.8 Å². The average Bonchev–Trinajstić information content (AvgIpc) is 2.20. The summed E-state index contributed by atoms with van der Waals surface area (Å²) in [7, 11) is 0. The first-order valence-electron chi connectivity index (χ1n) is 5.38. The van der Waals surface area contributed by atoms with Crippen LogP contribution in [0.3, 0.4) is 0 Å². The minimum atomic E-state index is 0.251. The SMILES string of the molecule is CCNC(C=C(C)C)c1cc(Cl)ccc1I. The Hall–Kier alpha value is -0.0600. The maximum Gasteiger partial charge on any atom is 0.0519 e. The Morgan fingerprint density at radius 1 is 1.50 bits per heavy atom. The molecule has 3 heteroatoms. The minimum Gasteiger partial charge on any atom is -0.307 e. The van der Waals surface area contributed by atoms with E-state index in [1.54, 1.807) is 0 Å². The van der Waals surface area contributed by atoms with Crippen LogP contribution in [-0.4, -0.2) is 6.54 Å². The van der Waals surface area contributed by atoms with Crippen LogP contribution in [0.2, 0.25) is 5.02 Å². The van der Waals surface area contributed by atoms with Crippen LogP contribution < -0.4 is 5.32 Å². The molecule has 0 amide bonds. The van der Waals surface area contributed by atoms with Gasteiger partial charge in [-0.15, -0.1) is 0 Å². The highest BCUT2D eigenvalue weighted by Gasteiger charge is 2.11. The first-order valence-corrected chi connectivity index (χ1v) is 6.83.